The summed E-state index contributed by atoms with van der Waals surface area (Å²) in [5, 5.41) is 3.05. The highest BCUT2D eigenvalue weighted by molar-refractivity contribution is 5.79. The molecule has 0 heterocycles. The molecule has 3 unspecified atom stereocenters. The second kappa shape index (κ2) is 16.7. The average molecular weight is 522 g/mol. The summed E-state index contributed by atoms with van der Waals surface area (Å²) in [6.07, 6.45) is 2.65. The maximum atomic E-state index is 12.5. The number of carbonyl (C=O) groups excluding carboxylic acids is 4. The maximum Gasteiger partial charge on any atom is 0.323 e. The first kappa shape index (κ1) is 32.1. The van der Waals surface area contributed by atoms with E-state index < -0.39 is 23.9 Å². The highest BCUT2D eigenvalue weighted by atomic mass is 16.6. The quantitative estimate of drug-likeness (QED) is 0.194. The Morgan fingerprint density at radius 1 is 0.838 bits per heavy atom. The molecule has 0 aliphatic carbocycles. The molecule has 0 saturated heterocycles. The summed E-state index contributed by atoms with van der Waals surface area (Å²) < 4.78 is 21.3. The summed E-state index contributed by atoms with van der Waals surface area (Å²) in [4.78, 5) is 49.1. The van der Waals surface area contributed by atoms with E-state index in [1.54, 1.807) is 32.0 Å². The zero-order chi connectivity index (χ0) is 28.0. The first-order chi connectivity index (χ1) is 17.6. The highest BCUT2D eigenvalue weighted by Crippen LogP contribution is 2.31. The van der Waals surface area contributed by atoms with Crippen molar-refractivity contribution in [2.45, 2.75) is 79.7 Å². The number of carbonyl (C=O) groups is 4. The van der Waals surface area contributed by atoms with Crippen LogP contribution in [0.25, 0.3) is 0 Å². The zero-order valence-corrected chi connectivity index (χ0v) is 23.3. The summed E-state index contributed by atoms with van der Waals surface area (Å²) in [6, 6.07) is 4.11. The van der Waals surface area contributed by atoms with Gasteiger partial charge < -0.3 is 24.3 Å². The molecule has 37 heavy (non-hydrogen) atoms. The standard InChI is InChI=1S/C28H43NO8/c1-8-18(4)15-25(30)35-14-13-29-22(28(33)34-7)16-21-11-12-23(36-26(31)19(5)9-2)24(17-21)37-27(32)20(6)10-3/h11-12,17-20,22,29H,8-10,13-16H2,1-7H3/t18?,19?,20?,22-/m0/s1. The SMILES string of the molecule is CCC(C)CC(=O)OCCN[C@@H](Cc1ccc(OC(=O)C(C)CC)c(OC(=O)C(C)CC)c1)C(=O)OC. The first-order valence-corrected chi connectivity index (χ1v) is 13.1. The molecule has 9 nitrogen and oxygen atoms in total. The third-order valence-corrected chi connectivity index (χ3v) is 6.35. The van der Waals surface area contributed by atoms with Gasteiger partial charge in [-0.15, -0.1) is 0 Å². The molecule has 4 atom stereocenters. The van der Waals surface area contributed by atoms with E-state index in [1.165, 1.54) is 7.11 Å². The third-order valence-electron chi connectivity index (χ3n) is 6.35. The summed E-state index contributed by atoms with van der Waals surface area (Å²) in [6.45, 7) is 11.6. The number of rotatable bonds is 16. The summed E-state index contributed by atoms with van der Waals surface area (Å²) in [7, 11) is 1.29. The van der Waals surface area contributed by atoms with Gasteiger partial charge in [0.1, 0.15) is 12.6 Å². The van der Waals surface area contributed by atoms with Crippen LogP contribution in [0.1, 0.15) is 72.8 Å². The van der Waals surface area contributed by atoms with E-state index >= 15 is 0 Å². The highest BCUT2D eigenvalue weighted by Gasteiger charge is 2.23. The molecule has 1 rings (SSSR count). The van der Waals surface area contributed by atoms with Crippen molar-refractivity contribution < 1.29 is 38.1 Å². The van der Waals surface area contributed by atoms with E-state index in [0.29, 0.717) is 24.8 Å². The lowest BCUT2D eigenvalue weighted by atomic mass is 10.0. The smallest absolute Gasteiger partial charge is 0.323 e. The minimum Gasteiger partial charge on any atom is -0.468 e. The van der Waals surface area contributed by atoms with Gasteiger partial charge in [0.15, 0.2) is 11.5 Å². The van der Waals surface area contributed by atoms with Crippen LogP contribution in [0.5, 0.6) is 11.5 Å². The summed E-state index contributed by atoms with van der Waals surface area (Å²) >= 11 is 0. The average Bonchev–Trinajstić information content (AvgIpc) is 2.89. The molecule has 1 aromatic rings. The lowest BCUT2D eigenvalue weighted by Crippen LogP contribution is -2.41. The summed E-state index contributed by atoms with van der Waals surface area (Å²) in [5.74, 6) is -1.78. The van der Waals surface area contributed by atoms with E-state index in [0.717, 1.165) is 6.42 Å². The van der Waals surface area contributed by atoms with Crippen molar-refractivity contribution in [2.75, 3.05) is 20.3 Å². The van der Waals surface area contributed by atoms with Gasteiger partial charge in [-0.3, -0.25) is 19.2 Å². The van der Waals surface area contributed by atoms with E-state index in [9.17, 15) is 19.2 Å². The van der Waals surface area contributed by atoms with Crippen LogP contribution in [-0.4, -0.2) is 50.2 Å². The Morgan fingerprint density at radius 2 is 1.43 bits per heavy atom. The van der Waals surface area contributed by atoms with Crippen LogP contribution in [0.2, 0.25) is 0 Å². The molecule has 0 aliphatic heterocycles. The van der Waals surface area contributed by atoms with Gasteiger partial charge in [-0.2, -0.15) is 0 Å². The topological polar surface area (TPSA) is 117 Å². The Labute approximate surface area is 220 Å². The molecule has 0 saturated carbocycles. The van der Waals surface area contributed by atoms with Gasteiger partial charge in [0.05, 0.1) is 18.9 Å². The van der Waals surface area contributed by atoms with E-state index in [4.69, 9.17) is 18.9 Å². The van der Waals surface area contributed by atoms with Crippen LogP contribution in [0.3, 0.4) is 0 Å². The molecule has 0 fully saturated rings. The van der Waals surface area contributed by atoms with Crippen molar-refractivity contribution in [3.8, 4) is 11.5 Å². The number of benzene rings is 1. The first-order valence-electron chi connectivity index (χ1n) is 13.1. The van der Waals surface area contributed by atoms with Crippen LogP contribution < -0.4 is 14.8 Å². The molecule has 0 aliphatic rings. The number of ether oxygens (including phenoxy) is 4. The van der Waals surface area contributed by atoms with Crippen molar-refractivity contribution in [3.63, 3.8) is 0 Å². The van der Waals surface area contributed by atoms with Crippen LogP contribution in [0.15, 0.2) is 18.2 Å². The number of hydrogen-bond donors (Lipinski definition) is 1. The number of hydrogen-bond acceptors (Lipinski definition) is 9. The van der Waals surface area contributed by atoms with Gasteiger partial charge in [-0.1, -0.05) is 54.0 Å². The van der Waals surface area contributed by atoms with Gasteiger partial charge in [0.25, 0.3) is 0 Å². The van der Waals surface area contributed by atoms with Gasteiger partial charge in [0.2, 0.25) is 0 Å². The van der Waals surface area contributed by atoms with Crippen LogP contribution in [-0.2, 0) is 35.1 Å². The molecule has 208 valence electrons. The number of esters is 4. The second-order valence-corrected chi connectivity index (χ2v) is 9.41. The van der Waals surface area contributed by atoms with E-state index in [-0.39, 0.29) is 54.8 Å². The molecular weight excluding hydrogens is 478 g/mol. The van der Waals surface area contributed by atoms with Gasteiger partial charge in [-0.25, -0.2) is 0 Å². The van der Waals surface area contributed by atoms with Crippen molar-refractivity contribution >= 4 is 23.9 Å². The maximum absolute atomic E-state index is 12.5. The van der Waals surface area contributed by atoms with E-state index in [2.05, 4.69) is 5.32 Å². The van der Waals surface area contributed by atoms with Crippen molar-refractivity contribution in [1.29, 1.82) is 0 Å². The fourth-order valence-electron chi connectivity index (χ4n) is 3.10. The van der Waals surface area contributed by atoms with E-state index in [1.807, 2.05) is 27.7 Å². The molecule has 0 spiro atoms. The fourth-order valence-corrected chi connectivity index (χ4v) is 3.10. The third kappa shape index (κ3) is 11.3. The lowest BCUT2D eigenvalue weighted by Gasteiger charge is -2.19. The zero-order valence-electron chi connectivity index (χ0n) is 23.3. The molecule has 0 amide bonds. The van der Waals surface area contributed by atoms with Gasteiger partial charge >= 0.3 is 23.9 Å². The Balaban J connectivity index is 2.99. The number of nitrogens with one attached hydrogen (secondary N) is 1. The van der Waals surface area contributed by atoms with Gasteiger partial charge in [-0.05, 0) is 42.9 Å². The van der Waals surface area contributed by atoms with Gasteiger partial charge in [0, 0.05) is 13.0 Å². The van der Waals surface area contributed by atoms with Crippen molar-refractivity contribution in [1.82, 2.24) is 5.32 Å². The second-order valence-electron chi connectivity index (χ2n) is 9.41. The molecule has 9 heteroatoms. The molecule has 1 aromatic carbocycles. The monoisotopic (exact) mass is 521 g/mol. The Hall–Kier alpha value is -2.94. The molecule has 1 N–H and O–H groups in total. The van der Waals surface area contributed by atoms with Crippen LogP contribution in [0.4, 0.5) is 0 Å². The Kier molecular flexibility index (Phi) is 14.5. The molecular formula is C28H43NO8. The normalized spacial score (nSPS) is 14.1. The summed E-state index contributed by atoms with van der Waals surface area (Å²) in [5.41, 5.74) is 0.659. The predicted molar refractivity (Wildman–Crippen MR) is 139 cm³/mol. The van der Waals surface area contributed by atoms with Crippen LogP contribution >= 0.6 is 0 Å². The van der Waals surface area contributed by atoms with Crippen molar-refractivity contribution in [2.24, 2.45) is 17.8 Å². The van der Waals surface area contributed by atoms with Crippen molar-refractivity contribution in [3.05, 3.63) is 23.8 Å². The molecule has 0 aromatic heterocycles. The minimum absolute atomic E-state index is 0.113. The van der Waals surface area contributed by atoms with Crippen LogP contribution in [0, 0.1) is 17.8 Å². The Bertz CT molecular complexity index is 900. The minimum atomic E-state index is -0.732. The Morgan fingerprint density at radius 3 is 1.97 bits per heavy atom. The number of methoxy groups -OCH3 is 1. The molecule has 0 radical (unpaired) electrons. The largest absolute Gasteiger partial charge is 0.468 e. The predicted octanol–water partition coefficient (Wildman–Crippen LogP) is 4.24. The molecule has 0 bridgehead atoms. The lowest BCUT2D eigenvalue weighted by molar-refractivity contribution is -0.145. The fraction of sp³-hybridized carbons (Fsp3) is 0.643.